The number of ketones is 1. The van der Waals surface area contributed by atoms with Crippen molar-refractivity contribution < 1.29 is 19.1 Å². The summed E-state index contributed by atoms with van der Waals surface area (Å²) in [6.07, 6.45) is 2.01. The minimum atomic E-state index is -0.216. The molecular formula is C14H26O4. The quantitative estimate of drug-likeness (QED) is 0.446. The summed E-state index contributed by atoms with van der Waals surface area (Å²) in [5.41, 5.74) is 0. The van der Waals surface area contributed by atoms with Crippen LogP contribution in [0.3, 0.4) is 0 Å². The van der Waals surface area contributed by atoms with Gasteiger partial charge in [0.1, 0.15) is 12.4 Å². The van der Waals surface area contributed by atoms with Crippen molar-refractivity contribution >= 4 is 11.8 Å². The Hall–Kier alpha value is -0.900. The maximum absolute atomic E-state index is 11.4. The lowest BCUT2D eigenvalue weighted by Gasteiger charge is -2.08. The summed E-state index contributed by atoms with van der Waals surface area (Å²) >= 11 is 0. The van der Waals surface area contributed by atoms with E-state index >= 15 is 0 Å². The summed E-state index contributed by atoms with van der Waals surface area (Å²) in [5, 5.41) is 0. The van der Waals surface area contributed by atoms with Crippen LogP contribution in [0, 0.1) is 11.8 Å². The molecule has 4 nitrogen and oxygen atoms in total. The largest absolute Gasteiger partial charge is 0.463 e. The van der Waals surface area contributed by atoms with E-state index in [2.05, 4.69) is 13.8 Å². The van der Waals surface area contributed by atoms with Crippen molar-refractivity contribution in [2.45, 2.75) is 47.0 Å². The van der Waals surface area contributed by atoms with Crippen LogP contribution in [0.2, 0.25) is 0 Å². The first-order valence-electron chi connectivity index (χ1n) is 6.69. The van der Waals surface area contributed by atoms with Gasteiger partial charge in [0.25, 0.3) is 0 Å². The Morgan fingerprint density at radius 3 is 2.17 bits per heavy atom. The Bertz CT molecular complexity index is 246. The van der Waals surface area contributed by atoms with Crippen LogP contribution >= 0.6 is 0 Å². The molecule has 0 N–H and O–H groups in total. The Balaban J connectivity index is 3.35. The Morgan fingerprint density at radius 2 is 1.61 bits per heavy atom. The minimum Gasteiger partial charge on any atom is -0.463 e. The zero-order chi connectivity index (χ0) is 14.0. The zero-order valence-electron chi connectivity index (χ0n) is 12.0. The van der Waals surface area contributed by atoms with E-state index < -0.39 is 0 Å². The van der Waals surface area contributed by atoms with E-state index in [4.69, 9.17) is 9.47 Å². The number of carbonyl (C=O) groups is 2. The van der Waals surface area contributed by atoms with Gasteiger partial charge in [0.2, 0.25) is 0 Å². The van der Waals surface area contributed by atoms with Crippen molar-refractivity contribution in [3.8, 4) is 0 Å². The van der Waals surface area contributed by atoms with Gasteiger partial charge in [0.05, 0.1) is 19.1 Å². The van der Waals surface area contributed by atoms with Crippen molar-refractivity contribution in [3.63, 3.8) is 0 Å². The van der Waals surface area contributed by atoms with Gasteiger partial charge in [-0.2, -0.15) is 0 Å². The molecule has 0 saturated carbocycles. The van der Waals surface area contributed by atoms with Gasteiger partial charge < -0.3 is 9.47 Å². The summed E-state index contributed by atoms with van der Waals surface area (Å²) in [7, 11) is 0. The van der Waals surface area contributed by atoms with Gasteiger partial charge in [-0.25, -0.2) is 0 Å². The molecule has 0 aromatic rings. The number of Topliss-reactive ketones (excluding diaryl/α,β-unsaturated/α-hetero) is 1. The number of carbonyl (C=O) groups excluding carboxylic acids is 2. The van der Waals surface area contributed by atoms with E-state index in [-0.39, 0.29) is 24.3 Å². The van der Waals surface area contributed by atoms with Crippen LogP contribution in [0.4, 0.5) is 0 Å². The zero-order valence-corrected chi connectivity index (χ0v) is 12.0. The lowest BCUT2D eigenvalue weighted by Crippen LogP contribution is -2.16. The van der Waals surface area contributed by atoms with Crippen LogP contribution in [0.15, 0.2) is 0 Å². The highest BCUT2D eigenvalue weighted by Gasteiger charge is 2.07. The van der Waals surface area contributed by atoms with Crippen LogP contribution in [0.5, 0.6) is 0 Å². The molecule has 0 unspecified atom stereocenters. The molecule has 0 bridgehead atoms. The molecule has 0 atom stereocenters. The molecule has 0 saturated heterocycles. The lowest BCUT2D eigenvalue weighted by atomic mass is 10.0. The molecule has 0 radical (unpaired) electrons. The molecular weight excluding hydrogens is 232 g/mol. The maximum Gasteiger partial charge on any atom is 0.308 e. The summed E-state index contributed by atoms with van der Waals surface area (Å²) in [4.78, 5) is 22.5. The molecule has 4 heteroatoms. The lowest BCUT2D eigenvalue weighted by molar-refractivity contribution is -0.149. The third kappa shape index (κ3) is 10.3. The number of rotatable bonds is 10. The second-order valence-electron chi connectivity index (χ2n) is 5.16. The fourth-order valence-electron chi connectivity index (χ4n) is 1.23. The van der Waals surface area contributed by atoms with Gasteiger partial charge in [0.15, 0.2) is 0 Å². The highest BCUT2D eigenvalue weighted by atomic mass is 16.6. The SMILES string of the molecule is CC(C)CCC(=O)CCOCCOC(=O)C(C)C. The van der Waals surface area contributed by atoms with Gasteiger partial charge in [-0.1, -0.05) is 27.7 Å². The van der Waals surface area contributed by atoms with E-state index in [0.717, 1.165) is 6.42 Å². The van der Waals surface area contributed by atoms with Crippen LogP contribution in [-0.4, -0.2) is 31.6 Å². The van der Waals surface area contributed by atoms with E-state index in [1.165, 1.54) is 0 Å². The van der Waals surface area contributed by atoms with E-state index in [9.17, 15) is 9.59 Å². The van der Waals surface area contributed by atoms with Crippen LogP contribution in [0.1, 0.15) is 47.0 Å². The first-order valence-corrected chi connectivity index (χ1v) is 6.69. The van der Waals surface area contributed by atoms with Crippen LogP contribution < -0.4 is 0 Å². The number of esters is 1. The fraction of sp³-hybridized carbons (Fsp3) is 0.857. The third-order valence-electron chi connectivity index (χ3n) is 2.47. The maximum atomic E-state index is 11.4. The monoisotopic (exact) mass is 258 g/mol. The summed E-state index contributed by atoms with van der Waals surface area (Å²) < 4.78 is 10.2. The first kappa shape index (κ1) is 17.1. The smallest absolute Gasteiger partial charge is 0.308 e. The molecule has 0 heterocycles. The van der Waals surface area contributed by atoms with Crippen molar-refractivity contribution in [1.82, 2.24) is 0 Å². The second kappa shape index (κ2) is 10.1. The van der Waals surface area contributed by atoms with Gasteiger partial charge in [-0.15, -0.1) is 0 Å². The second-order valence-corrected chi connectivity index (χ2v) is 5.16. The predicted octanol–water partition coefficient (Wildman–Crippen LogP) is 2.60. The Labute approximate surface area is 110 Å². The minimum absolute atomic E-state index is 0.109. The molecule has 106 valence electrons. The predicted molar refractivity (Wildman–Crippen MR) is 70.3 cm³/mol. The third-order valence-corrected chi connectivity index (χ3v) is 2.47. The molecule has 18 heavy (non-hydrogen) atoms. The van der Waals surface area contributed by atoms with Gasteiger partial charge in [-0.3, -0.25) is 9.59 Å². The standard InChI is InChI=1S/C14H26O4/c1-11(2)5-6-13(15)7-8-17-9-10-18-14(16)12(3)4/h11-12H,5-10H2,1-4H3. The fourth-order valence-corrected chi connectivity index (χ4v) is 1.23. The summed E-state index contributed by atoms with van der Waals surface area (Å²) in [5.74, 6) is 0.474. The summed E-state index contributed by atoms with van der Waals surface area (Å²) in [6, 6.07) is 0. The molecule has 0 spiro atoms. The molecule has 0 aliphatic rings. The topological polar surface area (TPSA) is 52.6 Å². The highest BCUT2D eigenvalue weighted by Crippen LogP contribution is 2.05. The molecule has 0 aromatic carbocycles. The molecule has 0 fully saturated rings. The van der Waals surface area contributed by atoms with Crippen molar-refractivity contribution in [3.05, 3.63) is 0 Å². The number of ether oxygens (including phenoxy) is 2. The molecule has 0 aliphatic heterocycles. The summed E-state index contributed by atoms with van der Waals surface area (Å²) in [6.45, 7) is 8.82. The number of hydrogen-bond acceptors (Lipinski definition) is 4. The van der Waals surface area contributed by atoms with Crippen molar-refractivity contribution in [2.75, 3.05) is 19.8 Å². The first-order chi connectivity index (χ1) is 8.43. The Morgan fingerprint density at radius 1 is 0.944 bits per heavy atom. The van der Waals surface area contributed by atoms with Gasteiger partial charge in [-0.05, 0) is 12.3 Å². The van der Waals surface area contributed by atoms with E-state index in [1.807, 2.05) is 0 Å². The molecule has 0 aliphatic carbocycles. The van der Waals surface area contributed by atoms with Gasteiger partial charge in [0, 0.05) is 12.8 Å². The molecule has 0 rings (SSSR count). The molecule has 0 aromatic heterocycles. The van der Waals surface area contributed by atoms with Crippen LogP contribution in [-0.2, 0) is 19.1 Å². The number of hydrogen-bond donors (Lipinski definition) is 0. The van der Waals surface area contributed by atoms with E-state index in [0.29, 0.717) is 32.0 Å². The normalized spacial score (nSPS) is 11.0. The van der Waals surface area contributed by atoms with E-state index in [1.54, 1.807) is 13.8 Å². The average Bonchev–Trinajstić information content (AvgIpc) is 2.30. The average molecular weight is 258 g/mol. The van der Waals surface area contributed by atoms with Crippen molar-refractivity contribution in [1.29, 1.82) is 0 Å². The van der Waals surface area contributed by atoms with Crippen molar-refractivity contribution in [2.24, 2.45) is 11.8 Å². The molecule has 0 amide bonds. The Kier molecular flexibility index (Phi) is 9.56. The van der Waals surface area contributed by atoms with Gasteiger partial charge >= 0.3 is 5.97 Å². The van der Waals surface area contributed by atoms with Crippen LogP contribution in [0.25, 0.3) is 0 Å². The highest BCUT2D eigenvalue weighted by molar-refractivity contribution is 5.78.